The van der Waals surface area contributed by atoms with Crippen molar-refractivity contribution >= 4 is 23.2 Å². The van der Waals surface area contributed by atoms with Gasteiger partial charge in [0.25, 0.3) is 0 Å². The Hall–Kier alpha value is 0.280. The van der Waals surface area contributed by atoms with Gasteiger partial charge < -0.3 is 4.74 Å². The van der Waals surface area contributed by atoms with Crippen molar-refractivity contribution in [2.75, 3.05) is 13.2 Å². The highest BCUT2D eigenvalue weighted by molar-refractivity contribution is 6.55. The largest absolute Gasteiger partial charge is 0.381 e. The van der Waals surface area contributed by atoms with Gasteiger partial charge in [0.1, 0.15) is 4.49 Å². The van der Waals surface area contributed by atoms with Crippen LogP contribution in [0.1, 0.15) is 26.2 Å². The number of unbranched alkanes of at least 4 members (excludes halogenated alkanes) is 1. The van der Waals surface area contributed by atoms with Crippen LogP contribution in [0.2, 0.25) is 0 Å². The van der Waals surface area contributed by atoms with Crippen molar-refractivity contribution in [2.45, 2.75) is 26.2 Å². The highest BCUT2D eigenvalue weighted by Gasteiger charge is 1.87. The first-order valence-corrected chi connectivity index (χ1v) is 4.62. The van der Waals surface area contributed by atoms with E-state index in [2.05, 4.69) is 6.92 Å². The van der Waals surface area contributed by atoms with Crippen LogP contribution >= 0.6 is 23.2 Å². The van der Waals surface area contributed by atoms with Crippen LogP contribution in [0.25, 0.3) is 0 Å². The molecule has 0 fully saturated rings. The summed E-state index contributed by atoms with van der Waals surface area (Å²) in [6.07, 6.45) is 4.75. The first kappa shape index (κ1) is 11.3. The van der Waals surface area contributed by atoms with Gasteiger partial charge in [-0.1, -0.05) is 36.2 Å². The van der Waals surface area contributed by atoms with E-state index in [-0.39, 0.29) is 0 Å². The minimum Gasteiger partial charge on any atom is -0.381 e. The lowest BCUT2D eigenvalue weighted by atomic mass is 10.3. The number of halogens is 2. The molecule has 0 aliphatic rings. The van der Waals surface area contributed by atoms with Crippen LogP contribution in [0, 0.1) is 0 Å². The smallest absolute Gasteiger partial charge is 0.102 e. The van der Waals surface area contributed by atoms with E-state index in [0.717, 1.165) is 32.5 Å². The Labute approximate surface area is 78.3 Å². The SMILES string of the molecule is CCCOCCCC=C(Cl)Cl. The van der Waals surface area contributed by atoms with Crippen LogP contribution in [0.3, 0.4) is 0 Å². The maximum Gasteiger partial charge on any atom is 0.102 e. The Morgan fingerprint density at radius 2 is 2.09 bits per heavy atom. The van der Waals surface area contributed by atoms with Crippen molar-refractivity contribution in [3.63, 3.8) is 0 Å². The lowest BCUT2D eigenvalue weighted by molar-refractivity contribution is 0.133. The molecule has 0 bridgehead atoms. The van der Waals surface area contributed by atoms with Gasteiger partial charge in [-0.25, -0.2) is 0 Å². The van der Waals surface area contributed by atoms with Crippen molar-refractivity contribution in [1.29, 1.82) is 0 Å². The predicted octanol–water partition coefficient (Wildman–Crippen LogP) is 3.51. The Kier molecular flexibility index (Phi) is 8.59. The summed E-state index contributed by atoms with van der Waals surface area (Å²) in [5.74, 6) is 0. The van der Waals surface area contributed by atoms with E-state index >= 15 is 0 Å². The van der Waals surface area contributed by atoms with Crippen LogP contribution in [0.15, 0.2) is 10.6 Å². The molecule has 0 rings (SSSR count). The number of allylic oxidation sites excluding steroid dienone is 1. The molecule has 3 heteroatoms. The zero-order valence-corrected chi connectivity index (χ0v) is 8.29. The number of rotatable bonds is 6. The van der Waals surface area contributed by atoms with E-state index in [0.29, 0.717) is 4.49 Å². The molecule has 0 saturated heterocycles. The van der Waals surface area contributed by atoms with Gasteiger partial charge >= 0.3 is 0 Å². The highest BCUT2D eigenvalue weighted by atomic mass is 35.5. The van der Waals surface area contributed by atoms with E-state index in [9.17, 15) is 0 Å². The molecule has 0 aromatic rings. The molecule has 0 aliphatic carbocycles. The fourth-order valence-corrected chi connectivity index (χ4v) is 0.861. The molecule has 0 unspecified atom stereocenters. The third-order valence-corrected chi connectivity index (χ3v) is 1.45. The standard InChI is InChI=1S/C8H14Cl2O/c1-2-6-11-7-4-3-5-8(9)10/h5H,2-4,6-7H2,1H3. The second kappa shape index (κ2) is 8.38. The fourth-order valence-electron chi connectivity index (χ4n) is 0.643. The maximum absolute atomic E-state index is 5.40. The van der Waals surface area contributed by atoms with Crippen LogP contribution in [0.5, 0.6) is 0 Å². The second-order valence-electron chi connectivity index (χ2n) is 2.25. The summed E-state index contributed by atoms with van der Waals surface area (Å²) < 4.78 is 5.60. The minimum atomic E-state index is 0.348. The lowest BCUT2D eigenvalue weighted by Gasteiger charge is -1.98. The summed E-state index contributed by atoms with van der Waals surface area (Å²) in [5.41, 5.74) is 0. The summed E-state index contributed by atoms with van der Waals surface area (Å²) in [7, 11) is 0. The van der Waals surface area contributed by atoms with Crippen molar-refractivity contribution in [1.82, 2.24) is 0 Å². The second-order valence-corrected chi connectivity index (χ2v) is 3.26. The zero-order valence-electron chi connectivity index (χ0n) is 6.78. The van der Waals surface area contributed by atoms with Crippen molar-refractivity contribution in [3.05, 3.63) is 10.6 Å². The number of hydrogen-bond acceptors (Lipinski definition) is 1. The third kappa shape index (κ3) is 10.3. The van der Waals surface area contributed by atoms with Crippen molar-refractivity contribution < 1.29 is 4.74 Å². The van der Waals surface area contributed by atoms with Crippen molar-refractivity contribution in [3.8, 4) is 0 Å². The quantitative estimate of drug-likeness (QED) is 0.592. The summed E-state index contributed by atoms with van der Waals surface area (Å²) in [5, 5.41) is 0. The molecule has 1 nitrogen and oxygen atoms in total. The highest BCUT2D eigenvalue weighted by Crippen LogP contribution is 2.08. The first-order valence-electron chi connectivity index (χ1n) is 3.86. The Balaban J connectivity index is 2.97. The normalized spacial score (nSPS) is 9.73. The molecule has 0 aromatic carbocycles. The van der Waals surface area contributed by atoms with Crippen LogP contribution in [0.4, 0.5) is 0 Å². The topological polar surface area (TPSA) is 9.23 Å². The summed E-state index contributed by atoms with van der Waals surface area (Å²) in [6, 6.07) is 0. The summed E-state index contributed by atoms with van der Waals surface area (Å²) in [6.45, 7) is 3.74. The van der Waals surface area contributed by atoms with Gasteiger partial charge in [-0.05, 0) is 19.3 Å². The molecule has 11 heavy (non-hydrogen) atoms. The molecule has 0 spiro atoms. The Morgan fingerprint density at radius 3 is 2.64 bits per heavy atom. The summed E-state index contributed by atoms with van der Waals surface area (Å²) >= 11 is 10.8. The minimum absolute atomic E-state index is 0.348. The van der Waals surface area contributed by atoms with Crippen molar-refractivity contribution in [2.24, 2.45) is 0 Å². The third-order valence-electron chi connectivity index (χ3n) is 1.14. The molecule has 0 atom stereocenters. The summed E-state index contributed by atoms with van der Waals surface area (Å²) in [4.78, 5) is 0. The molecule has 0 heterocycles. The van der Waals surface area contributed by atoms with Gasteiger partial charge in [-0.15, -0.1) is 0 Å². The predicted molar refractivity (Wildman–Crippen MR) is 50.1 cm³/mol. The molecule has 0 N–H and O–H groups in total. The van der Waals surface area contributed by atoms with E-state index < -0.39 is 0 Å². The molecule has 0 radical (unpaired) electrons. The molecule has 66 valence electrons. The Morgan fingerprint density at radius 1 is 1.36 bits per heavy atom. The number of hydrogen-bond donors (Lipinski definition) is 0. The van der Waals surface area contributed by atoms with Crippen LogP contribution < -0.4 is 0 Å². The zero-order chi connectivity index (χ0) is 8.53. The molecular formula is C8H14Cl2O. The van der Waals surface area contributed by atoms with Gasteiger partial charge in [0.05, 0.1) is 0 Å². The molecule has 0 saturated carbocycles. The maximum atomic E-state index is 5.40. The van der Waals surface area contributed by atoms with Crippen LogP contribution in [-0.4, -0.2) is 13.2 Å². The molecule has 0 aromatic heterocycles. The fraction of sp³-hybridized carbons (Fsp3) is 0.750. The Bertz CT molecular complexity index is 109. The first-order chi connectivity index (χ1) is 5.27. The molecule has 0 amide bonds. The van der Waals surface area contributed by atoms with E-state index in [1.807, 2.05) is 0 Å². The molecule has 0 aliphatic heterocycles. The van der Waals surface area contributed by atoms with E-state index in [1.165, 1.54) is 0 Å². The van der Waals surface area contributed by atoms with Gasteiger partial charge in [-0.3, -0.25) is 0 Å². The van der Waals surface area contributed by atoms with Gasteiger partial charge in [0, 0.05) is 13.2 Å². The average Bonchev–Trinajstić information content (AvgIpc) is 1.96. The average molecular weight is 197 g/mol. The lowest BCUT2D eigenvalue weighted by Crippen LogP contribution is -1.94. The monoisotopic (exact) mass is 196 g/mol. The van der Waals surface area contributed by atoms with Crippen LogP contribution in [-0.2, 0) is 4.74 Å². The van der Waals surface area contributed by atoms with Gasteiger partial charge in [0.15, 0.2) is 0 Å². The van der Waals surface area contributed by atoms with Gasteiger partial charge in [0.2, 0.25) is 0 Å². The van der Waals surface area contributed by atoms with E-state index in [1.54, 1.807) is 6.08 Å². The molecular weight excluding hydrogens is 183 g/mol. The number of ether oxygens (including phenoxy) is 1. The van der Waals surface area contributed by atoms with Gasteiger partial charge in [-0.2, -0.15) is 0 Å². The van der Waals surface area contributed by atoms with E-state index in [4.69, 9.17) is 27.9 Å².